The van der Waals surface area contributed by atoms with Gasteiger partial charge in [-0.15, -0.1) is 0 Å². The lowest BCUT2D eigenvalue weighted by molar-refractivity contribution is 0.474. The average Bonchev–Trinajstić information content (AvgIpc) is 2.62. The number of para-hydroxylation sites is 1. The van der Waals surface area contributed by atoms with Gasteiger partial charge < -0.3 is 5.11 Å². The summed E-state index contributed by atoms with van der Waals surface area (Å²) >= 11 is 0. The van der Waals surface area contributed by atoms with Crippen LogP contribution in [0, 0.1) is 6.92 Å². The van der Waals surface area contributed by atoms with E-state index in [4.69, 9.17) is 0 Å². The monoisotopic (exact) mass is 365 g/mol. The molecule has 0 saturated carbocycles. The van der Waals surface area contributed by atoms with Crippen molar-refractivity contribution in [2.24, 2.45) is 0 Å². The van der Waals surface area contributed by atoms with Crippen LogP contribution in [0.15, 0.2) is 71.6 Å². The lowest BCUT2D eigenvalue weighted by Crippen LogP contribution is -2.36. The number of sulfonamides is 1. The van der Waals surface area contributed by atoms with Gasteiger partial charge in [-0.2, -0.15) is 0 Å². The Balaban J connectivity index is 1.96. The van der Waals surface area contributed by atoms with Crippen molar-refractivity contribution in [3.05, 3.63) is 77.9 Å². The molecule has 0 amide bonds. The van der Waals surface area contributed by atoms with E-state index < -0.39 is 10.0 Å². The minimum Gasteiger partial charge on any atom is -0.508 e. The molecule has 1 atom stereocenters. The van der Waals surface area contributed by atoms with Crippen LogP contribution < -0.4 is 4.31 Å². The van der Waals surface area contributed by atoms with Crippen LogP contribution in [0.5, 0.6) is 5.75 Å². The first-order valence-electron chi connectivity index (χ1n) is 8.43. The van der Waals surface area contributed by atoms with Crippen molar-refractivity contribution in [2.45, 2.75) is 24.8 Å². The Kier molecular flexibility index (Phi) is 3.77. The first kappa shape index (κ1) is 16.7. The Bertz CT molecular complexity index is 1090. The van der Waals surface area contributed by atoms with Crippen molar-refractivity contribution >= 4 is 15.7 Å². The maximum absolute atomic E-state index is 13.4. The summed E-state index contributed by atoms with van der Waals surface area (Å²) in [5, 5.41) is 9.49. The summed E-state index contributed by atoms with van der Waals surface area (Å²) in [6.45, 7) is 3.92. The molecule has 1 aliphatic rings. The molecule has 3 aromatic carbocycles. The van der Waals surface area contributed by atoms with Crippen LogP contribution in [0.4, 0.5) is 5.69 Å². The van der Waals surface area contributed by atoms with E-state index in [0.717, 1.165) is 22.3 Å². The molecular weight excluding hydrogens is 346 g/mol. The van der Waals surface area contributed by atoms with Crippen molar-refractivity contribution in [2.75, 3.05) is 4.31 Å². The highest BCUT2D eigenvalue weighted by molar-refractivity contribution is 7.92. The van der Waals surface area contributed by atoms with Gasteiger partial charge in [-0.3, -0.25) is 4.31 Å². The van der Waals surface area contributed by atoms with Crippen LogP contribution in [0.25, 0.3) is 11.1 Å². The van der Waals surface area contributed by atoms with Crippen LogP contribution >= 0.6 is 0 Å². The Morgan fingerprint density at radius 2 is 1.62 bits per heavy atom. The van der Waals surface area contributed by atoms with E-state index in [9.17, 15) is 13.5 Å². The number of phenols is 1. The Labute approximate surface area is 153 Å². The van der Waals surface area contributed by atoms with Gasteiger partial charge in [0, 0.05) is 5.56 Å². The predicted octanol–water partition coefficient (Wildman–Crippen LogP) is 4.64. The van der Waals surface area contributed by atoms with Crippen molar-refractivity contribution in [1.29, 1.82) is 0 Å². The van der Waals surface area contributed by atoms with E-state index in [1.54, 1.807) is 0 Å². The van der Waals surface area contributed by atoms with E-state index in [1.807, 2.05) is 44.2 Å². The predicted molar refractivity (Wildman–Crippen MR) is 103 cm³/mol. The number of nitrogens with zero attached hydrogens (tertiary/aromatic N) is 1. The third-order valence-corrected chi connectivity index (χ3v) is 6.73. The number of benzene rings is 3. The zero-order valence-electron chi connectivity index (χ0n) is 14.5. The highest BCUT2D eigenvalue weighted by atomic mass is 32.2. The molecule has 0 aromatic heterocycles. The zero-order valence-corrected chi connectivity index (χ0v) is 15.4. The van der Waals surface area contributed by atoms with Gasteiger partial charge in [-0.25, -0.2) is 8.42 Å². The van der Waals surface area contributed by atoms with Crippen LogP contribution in [0.2, 0.25) is 0 Å². The minimum absolute atomic E-state index is 0.0389. The molecule has 26 heavy (non-hydrogen) atoms. The summed E-state index contributed by atoms with van der Waals surface area (Å²) in [6.07, 6.45) is 0. The second-order valence-electron chi connectivity index (χ2n) is 6.58. The topological polar surface area (TPSA) is 57.6 Å². The Morgan fingerprint density at radius 1 is 0.923 bits per heavy atom. The smallest absolute Gasteiger partial charge is 0.264 e. The van der Waals surface area contributed by atoms with Gasteiger partial charge in [0.2, 0.25) is 0 Å². The maximum atomic E-state index is 13.4. The third-order valence-electron chi connectivity index (χ3n) is 4.83. The van der Waals surface area contributed by atoms with E-state index in [2.05, 4.69) is 12.1 Å². The van der Waals surface area contributed by atoms with E-state index in [-0.39, 0.29) is 16.7 Å². The number of hydrogen-bond acceptors (Lipinski definition) is 3. The number of fused-ring (bicyclic) bond motifs is 3. The van der Waals surface area contributed by atoms with Gasteiger partial charge in [-0.1, -0.05) is 42.0 Å². The highest BCUT2D eigenvalue weighted by Gasteiger charge is 2.36. The lowest BCUT2D eigenvalue weighted by Gasteiger charge is -2.37. The molecule has 4 nitrogen and oxygen atoms in total. The molecule has 0 unspecified atom stereocenters. The Morgan fingerprint density at radius 3 is 2.35 bits per heavy atom. The molecule has 5 heteroatoms. The number of aryl methyl sites for hydroxylation is 1. The van der Waals surface area contributed by atoms with E-state index in [0.29, 0.717) is 5.69 Å². The van der Waals surface area contributed by atoms with Gasteiger partial charge >= 0.3 is 0 Å². The largest absolute Gasteiger partial charge is 0.508 e. The molecule has 4 rings (SSSR count). The third kappa shape index (κ3) is 2.47. The van der Waals surface area contributed by atoms with Gasteiger partial charge in [0.05, 0.1) is 16.6 Å². The van der Waals surface area contributed by atoms with Crippen LogP contribution in [0.3, 0.4) is 0 Å². The zero-order chi connectivity index (χ0) is 18.5. The molecular formula is C21H19NO3S. The van der Waals surface area contributed by atoms with Crippen LogP contribution in [-0.4, -0.2) is 13.5 Å². The van der Waals surface area contributed by atoms with Crippen molar-refractivity contribution in [3.63, 3.8) is 0 Å². The number of phenolic OH excluding ortho intramolecular Hbond substituents is 1. The first-order chi connectivity index (χ1) is 12.4. The number of aromatic hydroxyl groups is 1. The number of hydrogen-bond donors (Lipinski definition) is 1. The fourth-order valence-corrected chi connectivity index (χ4v) is 5.23. The molecule has 3 aromatic rings. The van der Waals surface area contributed by atoms with Crippen LogP contribution in [0.1, 0.15) is 24.1 Å². The average molecular weight is 365 g/mol. The summed E-state index contributed by atoms with van der Waals surface area (Å²) in [5.41, 5.74) is 4.73. The molecule has 1 N–H and O–H groups in total. The Hall–Kier alpha value is -2.79. The van der Waals surface area contributed by atoms with Gasteiger partial charge in [0.1, 0.15) is 5.75 Å². The maximum Gasteiger partial charge on any atom is 0.264 e. The van der Waals surface area contributed by atoms with Gasteiger partial charge in [-0.05, 0) is 55.3 Å². The summed E-state index contributed by atoms with van der Waals surface area (Å²) in [7, 11) is -3.77. The molecule has 0 saturated heterocycles. The molecule has 0 radical (unpaired) electrons. The molecule has 1 aliphatic heterocycles. The summed E-state index contributed by atoms with van der Waals surface area (Å²) in [5.74, 6) is 0.0389. The standard InChI is InChI=1S/C21H19NO3S/c1-14-7-12-18-19-5-3-4-6-21(19)22(15(2)20(18)13-14)26(24,25)17-10-8-16(23)9-11-17/h3-13,15,23H,1-2H3/t15-/m1/s1. The summed E-state index contributed by atoms with van der Waals surface area (Å²) in [6, 6.07) is 19.1. The summed E-state index contributed by atoms with van der Waals surface area (Å²) in [4.78, 5) is 0.160. The van der Waals surface area contributed by atoms with E-state index in [1.165, 1.54) is 28.6 Å². The molecule has 0 fully saturated rings. The molecule has 0 spiro atoms. The minimum atomic E-state index is -3.77. The number of rotatable bonds is 2. The van der Waals surface area contributed by atoms with Crippen molar-refractivity contribution < 1.29 is 13.5 Å². The lowest BCUT2D eigenvalue weighted by atomic mass is 9.89. The molecule has 0 bridgehead atoms. The number of anilines is 1. The van der Waals surface area contributed by atoms with Crippen molar-refractivity contribution in [3.8, 4) is 16.9 Å². The highest BCUT2D eigenvalue weighted by Crippen LogP contribution is 2.47. The van der Waals surface area contributed by atoms with Crippen molar-refractivity contribution in [1.82, 2.24) is 0 Å². The van der Waals surface area contributed by atoms with Gasteiger partial charge in [0.25, 0.3) is 10.0 Å². The first-order valence-corrected chi connectivity index (χ1v) is 9.87. The van der Waals surface area contributed by atoms with Crippen LogP contribution in [-0.2, 0) is 10.0 Å². The fourth-order valence-electron chi connectivity index (χ4n) is 3.57. The normalized spacial score (nSPS) is 16.1. The quantitative estimate of drug-likeness (QED) is 0.720. The fraction of sp³-hybridized carbons (Fsp3) is 0.143. The second-order valence-corrected chi connectivity index (χ2v) is 8.39. The molecule has 0 aliphatic carbocycles. The van der Waals surface area contributed by atoms with Gasteiger partial charge in [0.15, 0.2) is 0 Å². The SMILES string of the molecule is Cc1ccc2c(c1)[C@@H](C)N(S(=O)(=O)c1ccc(O)cc1)c1ccccc1-2. The molecule has 1 heterocycles. The van der Waals surface area contributed by atoms with E-state index >= 15 is 0 Å². The molecule has 132 valence electrons. The summed E-state index contributed by atoms with van der Waals surface area (Å²) < 4.78 is 28.3. The second kappa shape index (κ2) is 5.88.